The van der Waals surface area contributed by atoms with Crippen LogP contribution in [0.15, 0.2) is 4.52 Å². The Balaban J connectivity index is 2.24. The highest BCUT2D eigenvalue weighted by molar-refractivity contribution is 5.80. The summed E-state index contributed by atoms with van der Waals surface area (Å²) in [6.07, 6.45) is 0.651. The Morgan fingerprint density at radius 3 is 2.87 bits per heavy atom. The maximum Gasteiger partial charge on any atom is 0.236 e. The molecule has 6 nitrogen and oxygen atoms in total. The van der Waals surface area contributed by atoms with Crippen LogP contribution in [0.25, 0.3) is 0 Å². The number of likely N-dealkylation sites (N-methyl/N-ethyl adjacent to an activating group) is 1. The molecule has 0 aromatic carbocycles. The van der Waals surface area contributed by atoms with Crippen LogP contribution >= 0.6 is 0 Å². The molecule has 0 radical (unpaired) electrons. The van der Waals surface area contributed by atoms with Crippen molar-refractivity contribution in [3.8, 4) is 0 Å². The fraction of sp³-hybridized carbons (Fsp3) is 0.667. The van der Waals surface area contributed by atoms with E-state index in [1.165, 1.54) is 0 Å². The van der Waals surface area contributed by atoms with Crippen molar-refractivity contribution >= 4 is 5.91 Å². The van der Waals surface area contributed by atoms with Gasteiger partial charge in [-0.3, -0.25) is 4.79 Å². The molecule has 0 aliphatic carbocycles. The zero-order chi connectivity index (χ0) is 11.3. The van der Waals surface area contributed by atoms with Crippen molar-refractivity contribution in [1.82, 2.24) is 20.8 Å². The summed E-state index contributed by atoms with van der Waals surface area (Å²) in [5, 5.41) is 9.37. The van der Waals surface area contributed by atoms with Gasteiger partial charge in [-0.15, -0.1) is 0 Å². The molecule has 0 spiro atoms. The molecular formula is C9H16N4O2. The van der Waals surface area contributed by atoms with E-state index in [1.807, 2.05) is 0 Å². The highest BCUT2D eigenvalue weighted by Crippen LogP contribution is 1.95. The summed E-state index contributed by atoms with van der Waals surface area (Å²) in [7, 11) is 1.61. The van der Waals surface area contributed by atoms with Gasteiger partial charge in [-0.2, -0.15) is 4.98 Å². The molecule has 1 rings (SSSR count). The summed E-state index contributed by atoms with van der Waals surface area (Å²) in [4.78, 5) is 15.2. The Labute approximate surface area is 88.4 Å². The zero-order valence-corrected chi connectivity index (χ0v) is 9.20. The molecule has 2 N–H and O–H groups in total. The third-order valence-electron chi connectivity index (χ3n) is 2.01. The van der Waals surface area contributed by atoms with Gasteiger partial charge in [-0.1, -0.05) is 5.16 Å². The van der Waals surface area contributed by atoms with Crippen LogP contribution in [0.4, 0.5) is 0 Å². The summed E-state index contributed by atoms with van der Waals surface area (Å²) in [5.41, 5.74) is 0. The zero-order valence-electron chi connectivity index (χ0n) is 9.20. The number of hydrogen-bond donors (Lipinski definition) is 2. The third-order valence-corrected chi connectivity index (χ3v) is 2.01. The minimum Gasteiger partial charge on any atom is -0.358 e. The lowest BCUT2D eigenvalue weighted by Crippen LogP contribution is -2.41. The van der Waals surface area contributed by atoms with Gasteiger partial charge in [-0.05, 0) is 6.92 Å². The van der Waals surface area contributed by atoms with E-state index >= 15 is 0 Å². The summed E-state index contributed by atoms with van der Waals surface area (Å²) in [6.45, 7) is 4.20. The van der Waals surface area contributed by atoms with Crippen LogP contribution in [-0.4, -0.2) is 35.7 Å². The number of amides is 1. The summed E-state index contributed by atoms with van der Waals surface area (Å²) in [6, 6.07) is -0.206. The van der Waals surface area contributed by atoms with Crippen molar-refractivity contribution in [2.24, 2.45) is 0 Å². The number of hydrogen-bond acceptors (Lipinski definition) is 5. The molecule has 15 heavy (non-hydrogen) atoms. The molecule has 0 saturated carbocycles. The molecule has 1 atom stereocenters. The summed E-state index contributed by atoms with van der Waals surface area (Å²) in [5.74, 6) is 1.19. The predicted octanol–water partition coefficient (Wildman–Crippen LogP) is -0.355. The van der Waals surface area contributed by atoms with Crippen molar-refractivity contribution in [1.29, 1.82) is 0 Å². The van der Waals surface area contributed by atoms with E-state index < -0.39 is 0 Å². The smallest absolute Gasteiger partial charge is 0.236 e. The molecule has 0 saturated heterocycles. The molecule has 0 aliphatic rings. The fourth-order valence-electron chi connectivity index (χ4n) is 1.15. The van der Waals surface area contributed by atoms with Crippen LogP contribution < -0.4 is 10.6 Å². The Hall–Kier alpha value is -1.43. The molecule has 84 valence electrons. The van der Waals surface area contributed by atoms with Gasteiger partial charge < -0.3 is 15.2 Å². The number of rotatable bonds is 5. The van der Waals surface area contributed by atoms with Gasteiger partial charge in [0.05, 0.1) is 6.04 Å². The Morgan fingerprint density at radius 2 is 2.33 bits per heavy atom. The average molecular weight is 212 g/mol. The summed E-state index contributed by atoms with van der Waals surface area (Å²) >= 11 is 0. The SMILES string of the molecule is CNC(=O)C(C)NCCc1noc(C)n1. The predicted molar refractivity (Wildman–Crippen MR) is 54.3 cm³/mol. The first kappa shape index (κ1) is 11.6. The maximum absolute atomic E-state index is 11.1. The Morgan fingerprint density at radius 1 is 1.60 bits per heavy atom. The highest BCUT2D eigenvalue weighted by atomic mass is 16.5. The molecular weight excluding hydrogens is 196 g/mol. The lowest BCUT2D eigenvalue weighted by atomic mass is 10.3. The van der Waals surface area contributed by atoms with Gasteiger partial charge in [0.2, 0.25) is 11.8 Å². The molecule has 1 amide bonds. The molecule has 1 aromatic rings. The lowest BCUT2D eigenvalue weighted by molar-refractivity contribution is -0.122. The standard InChI is InChI=1S/C9H16N4O2/c1-6(9(14)10-3)11-5-4-8-12-7(2)15-13-8/h6,11H,4-5H2,1-3H3,(H,10,14). The molecule has 0 aliphatic heterocycles. The molecule has 0 bridgehead atoms. The molecule has 1 heterocycles. The van der Waals surface area contributed by atoms with E-state index in [2.05, 4.69) is 20.8 Å². The fourth-order valence-corrected chi connectivity index (χ4v) is 1.15. The van der Waals surface area contributed by atoms with Gasteiger partial charge in [0.25, 0.3) is 0 Å². The van der Waals surface area contributed by atoms with Gasteiger partial charge in [0, 0.05) is 26.9 Å². The van der Waals surface area contributed by atoms with E-state index in [-0.39, 0.29) is 11.9 Å². The second-order valence-electron chi connectivity index (χ2n) is 3.27. The first-order chi connectivity index (χ1) is 7.13. The van der Waals surface area contributed by atoms with Crippen LogP contribution in [-0.2, 0) is 11.2 Å². The average Bonchev–Trinajstić information content (AvgIpc) is 2.63. The van der Waals surface area contributed by atoms with Crippen LogP contribution in [0.5, 0.6) is 0 Å². The first-order valence-corrected chi connectivity index (χ1v) is 4.87. The number of nitrogens with one attached hydrogen (secondary N) is 2. The summed E-state index contributed by atoms with van der Waals surface area (Å²) < 4.78 is 4.82. The monoisotopic (exact) mass is 212 g/mol. The topological polar surface area (TPSA) is 80.0 Å². The number of carbonyl (C=O) groups is 1. The Kier molecular flexibility index (Phi) is 4.23. The Bertz CT molecular complexity index is 324. The number of carbonyl (C=O) groups excluding carboxylic acids is 1. The molecule has 1 aromatic heterocycles. The van der Waals surface area contributed by atoms with Gasteiger partial charge in [0.15, 0.2) is 5.82 Å². The lowest BCUT2D eigenvalue weighted by Gasteiger charge is -2.10. The van der Waals surface area contributed by atoms with E-state index in [0.717, 1.165) is 0 Å². The normalized spacial score (nSPS) is 12.5. The van der Waals surface area contributed by atoms with Crippen LogP contribution in [0.3, 0.4) is 0 Å². The minimum atomic E-state index is -0.206. The van der Waals surface area contributed by atoms with Gasteiger partial charge in [0.1, 0.15) is 0 Å². The quantitative estimate of drug-likeness (QED) is 0.697. The van der Waals surface area contributed by atoms with Crippen molar-refractivity contribution in [2.75, 3.05) is 13.6 Å². The van der Waals surface area contributed by atoms with Crippen molar-refractivity contribution in [2.45, 2.75) is 26.3 Å². The van der Waals surface area contributed by atoms with Crippen LogP contribution in [0.1, 0.15) is 18.6 Å². The van der Waals surface area contributed by atoms with Crippen molar-refractivity contribution in [3.05, 3.63) is 11.7 Å². The molecule has 0 fully saturated rings. The number of aromatic nitrogens is 2. The minimum absolute atomic E-state index is 0.0284. The second kappa shape index (κ2) is 5.45. The first-order valence-electron chi connectivity index (χ1n) is 4.87. The van der Waals surface area contributed by atoms with E-state index in [0.29, 0.717) is 24.7 Å². The number of aryl methyl sites for hydroxylation is 1. The van der Waals surface area contributed by atoms with Gasteiger partial charge >= 0.3 is 0 Å². The van der Waals surface area contributed by atoms with E-state index in [9.17, 15) is 4.79 Å². The van der Waals surface area contributed by atoms with Crippen LogP contribution in [0, 0.1) is 6.92 Å². The highest BCUT2D eigenvalue weighted by Gasteiger charge is 2.09. The van der Waals surface area contributed by atoms with Crippen LogP contribution in [0.2, 0.25) is 0 Å². The molecule has 1 unspecified atom stereocenters. The third kappa shape index (κ3) is 3.67. The number of nitrogens with zero attached hydrogens (tertiary/aromatic N) is 2. The second-order valence-corrected chi connectivity index (χ2v) is 3.27. The van der Waals surface area contributed by atoms with Crippen molar-refractivity contribution in [3.63, 3.8) is 0 Å². The van der Waals surface area contributed by atoms with E-state index in [4.69, 9.17) is 4.52 Å². The van der Waals surface area contributed by atoms with Gasteiger partial charge in [-0.25, -0.2) is 0 Å². The van der Waals surface area contributed by atoms with Crippen molar-refractivity contribution < 1.29 is 9.32 Å². The maximum atomic E-state index is 11.1. The largest absolute Gasteiger partial charge is 0.358 e. The van der Waals surface area contributed by atoms with E-state index in [1.54, 1.807) is 20.9 Å². The molecule has 6 heteroatoms.